The molecule has 1 aliphatic rings. The highest BCUT2D eigenvalue weighted by atomic mass is 16.5. The van der Waals surface area contributed by atoms with Gasteiger partial charge in [0.1, 0.15) is 0 Å². The van der Waals surface area contributed by atoms with Crippen molar-refractivity contribution in [3.63, 3.8) is 0 Å². The number of piperidine rings is 1. The van der Waals surface area contributed by atoms with E-state index in [4.69, 9.17) is 4.74 Å². The molecule has 2 rings (SSSR count). The maximum Gasteiger partial charge on any atom is 0.320 e. The summed E-state index contributed by atoms with van der Waals surface area (Å²) < 4.78 is 5.03. The summed E-state index contributed by atoms with van der Waals surface area (Å²) in [6.07, 6.45) is 1.35. The molecule has 1 saturated heterocycles. The Balaban J connectivity index is 2.07. The fourth-order valence-electron chi connectivity index (χ4n) is 3.42. The molecule has 0 N–H and O–H groups in total. The SMILES string of the molecule is CCOC(=O)CN1CCC(N(C(=O)CC)c2ccccc2)C(C)C1. The van der Waals surface area contributed by atoms with Gasteiger partial charge in [-0.2, -0.15) is 0 Å². The van der Waals surface area contributed by atoms with E-state index in [-0.39, 0.29) is 17.9 Å². The monoisotopic (exact) mass is 332 g/mol. The Morgan fingerprint density at radius 2 is 1.96 bits per heavy atom. The first-order valence-electron chi connectivity index (χ1n) is 8.81. The minimum absolute atomic E-state index is 0.150. The average molecular weight is 332 g/mol. The number of esters is 1. The van der Waals surface area contributed by atoms with Gasteiger partial charge in [0, 0.05) is 31.2 Å². The zero-order valence-electron chi connectivity index (χ0n) is 14.9. The van der Waals surface area contributed by atoms with Crippen LogP contribution in [0.2, 0.25) is 0 Å². The molecule has 0 spiro atoms. The Labute approximate surface area is 144 Å². The summed E-state index contributed by atoms with van der Waals surface area (Å²) in [5, 5.41) is 0. The van der Waals surface area contributed by atoms with Crippen molar-refractivity contribution in [3.8, 4) is 0 Å². The molecule has 1 aromatic rings. The molecule has 1 heterocycles. The van der Waals surface area contributed by atoms with Gasteiger partial charge in [-0.25, -0.2) is 0 Å². The van der Waals surface area contributed by atoms with Gasteiger partial charge >= 0.3 is 5.97 Å². The molecule has 0 bridgehead atoms. The van der Waals surface area contributed by atoms with E-state index in [9.17, 15) is 9.59 Å². The quantitative estimate of drug-likeness (QED) is 0.752. The Morgan fingerprint density at radius 1 is 1.25 bits per heavy atom. The number of anilines is 1. The van der Waals surface area contributed by atoms with Crippen LogP contribution in [0, 0.1) is 5.92 Å². The number of carbonyl (C=O) groups is 2. The zero-order chi connectivity index (χ0) is 17.5. The second kappa shape index (κ2) is 8.83. The molecule has 5 nitrogen and oxygen atoms in total. The third-order valence-electron chi connectivity index (χ3n) is 4.54. The molecule has 1 amide bonds. The number of ether oxygens (including phenoxy) is 1. The Kier molecular flexibility index (Phi) is 6.79. The highest BCUT2D eigenvalue weighted by Crippen LogP contribution is 2.28. The Morgan fingerprint density at radius 3 is 2.54 bits per heavy atom. The summed E-state index contributed by atoms with van der Waals surface area (Å²) in [5.41, 5.74) is 0.958. The van der Waals surface area contributed by atoms with Crippen LogP contribution in [0.1, 0.15) is 33.6 Å². The first-order valence-corrected chi connectivity index (χ1v) is 8.81. The molecule has 5 heteroatoms. The fourth-order valence-corrected chi connectivity index (χ4v) is 3.42. The molecule has 1 fully saturated rings. The first-order chi connectivity index (χ1) is 11.6. The standard InChI is InChI=1S/C19H28N2O3/c1-4-18(22)21(16-9-7-6-8-10-16)17-11-12-20(13-15(17)3)14-19(23)24-5-2/h6-10,15,17H,4-5,11-14H2,1-3H3. The third-order valence-corrected chi connectivity index (χ3v) is 4.54. The maximum atomic E-state index is 12.5. The van der Waals surface area contributed by atoms with Crippen molar-refractivity contribution in [2.45, 2.75) is 39.7 Å². The summed E-state index contributed by atoms with van der Waals surface area (Å²) in [5.74, 6) is 0.272. The van der Waals surface area contributed by atoms with Crippen LogP contribution in [0.15, 0.2) is 30.3 Å². The number of benzene rings is 1. The lowest BCUT2D eigenvalue weighted by atomic mass is 9.91. The molecule has 1 aliphatic heterocycles. The molecule has 2 atom stereocenters. The summed E-state index contributed by atoms with van der Waals surface area (Å²) in [6.45, 7) is 8.22. The van der Waals surface area contributed by atoms with E-state index in [1.165, 1.54) is 0 Å². The summed E-state index contributed by atoms with van der Waals surface area (Å²) in [6, 6.07) is 10.0. The van der Waals surface area contributed by atoms with Crippen LogP contribution in [0.25, 0.3) is 0 Å². The van der Waals surface area contributed by atoms with E-state index in [1.807, 2.05) is 49.1 Å². The van der Waals surface area contributed by atoms with Gasteiger partial charge in [0.25, 0.3) is 0 Å². The van der Waals surface area contributed by atoms with Gasteiger partial charge in [-0.05, 0) is 31.4 Å². The fraction of sp³-hybridized carbons (Fsp3) is 0.579. The van der Waals surface area contributed by atoms with E-state index in [0.29, 0.717) is 25.5 Å². The number of likely N-dealkylation sites (tertiary alicyclic amines) is 1. The largest absolute Gasteiger partial charge is 0.465 e. The summed E-state index contributed by atoms with van der Waals surface area (Å²) >= 11 is 0. The van der Waals surface area contributed by atoms with E-state index in [0.717, 1.165) is 25.2 Å². The topological polar surface area (TPSA) is 49.9 Å². The van der Waals surface area contributed by atoms with Gasteiger partial charge in [-0.1, -0.05) is 32.0 Å². The van der Waals surface area contributed by atoms with Gasteiger partial charge in [-0.3, -0.25) is 14.5 Å². The maximum absolute atomic E-state index is 12.5. The normalized spacial score (nSPS) is 21.3. The van der Waals surface area contributed by atoms with Crippen molar-refractivity contribution < 1.29 is 14.3 Å². The minimum Gasteiger partial charge on any atom is -0.465 e. The van der Waals surface area contributed by atoms with Crippen molar-refractivity contribution >= 4 is 17.6 Å². The van der Waals surface area contributed by atoms with Crippen LogP contribution in [0.4, 0.5) is 5.69 Å². The van der Waals surface area contributed by atoms with Crippen LogP contribution in [-0.4, -0.2) is 49.1 Å². The molecule has 0 aromatic heterocycles. The smallest absolute Gasteiger partial charge is 0.320 e. The highest BCUT2D eigenvalue weighted by Gasteiger charge is 2.34. The Bertz CT molecular complexity index is 547. The van der Waals surface area contributed by atoms with Gasteiger partial charge in [0.2, 0.25) is 5.91 Å². The zero-order valence-corrected chi connectivity index (χ0v) is 14.9. The minimum atomic E-state index is -0.173. The van der Waals surface area contributed by atoms with Gasteiger partial charge in [-0.15, -0.1) is 0 Å². The second-order valence-electron chi connectivity index (χ2n) is 6.33. The van der Waals surface area contributed by atoms with Gasteiger partial charge < -0.3 is 9.64 Å². The molecule has 0 aliphatic carbocycles. The number of nitrogens with zero attached hydrogens (tertiary/aromatic N) is 2. The lowest BCUT2D eigenvalue weighted by Crippen LogP contribution is -2.53. The van der Waals surface area contributed by atoms with Crippen LogP contribution in [0.3, 0.4) is 0 Å². The van der Waals surface area contributed by atoms with Crippen molar-refractivity contribution in [1.29, 1.82) is 0 Å². The van der Waals surface area contributed by atoms with E-state index in [1.54, 1.807) is 0 Å². The van der Waals surface area contributed by atoms with Gasteiger partial charge in [0.15, 0.2) is 0 Å². The van der Waals surface area contributed by atoms with Crippen LogP contribution in [0.5, 0.6) is 0 Å². The van der Waals surface area contributed by atoms with E-state index in [2.05, 4.69) is 11.8 Å². The molecular formula is C19H28N2O3. The third kappa shape index (κ3) is 4.57. The van der Waals surface area contributed by atoms with Crippen molar-refractivity contribution in [3.05, 3.63) is 30.3 Å². The Hall–Kier alpha value is -1.88. The number of carbonyl (C=O) groups excluding carboxylic acids is 2. The predicted octanol–water partition coefficient (Wildman–Crippen LogP) is 2.70. The van der Waals surface area contributed by atoms with E-state index >= 15 is 0 Å². The molecule has 24 heavy (non-hydrogen) atoms. The van der Waals surface area contributed by atoms with Crippen molar-refractivity contribution in [1.82, 2.24) is 4.90 Å². The number of rotatable bonds is 6. The number of hydrogen-bond donors (Lipinski definition) is 0. The summed E-state index contributed by atoms with van der Waals surface area (Å²) in [7, 11) is 0. The summed E-state index contributed by atoms with van der Waals surface area (Å²) in [4.78, 5) is 28.3. The molecular weight excluding hydrogens is 304 g/mol. The lowest BCUT2D eigenvalue weighted by molar-refractivity contribution is -0.145. The lowest BCUT2D eigenvalue weighted by Gasteiger charge is -2.42. The van der Waals surface area contributed by atoms with Crippen LogP contribution in [-0.2, 0) is 14.3 Å². The molecule has 0 saturated carbocycles. The first kappa shape index (κ1) is 18.5. The van der Waals surface area contributed by atoms with E-state index < -0.39 is 0 Å². The molecule has 2 unspecified atom stereocenters. The number of hydrogen-bond acceptors (Lipinski definition) is 4. The molecule has 0 radical (unpaired) electrons. The number of amides is 1. The molecule has 1 aromatic carbocycles. The van der Waals surface area contributed by atoms with Crippen molar-refractivity contribution in [2.75, 3.05) is 31.1 Å². The van der Waals surface area contributed by atoms with Crippen LogP contribution < -0.4 is 4.90 Å². The second-order valence-corrected chi connectivity index (χ2v) is 6.33. The predicted molar refractivity (Wildman–Crippen MR) is 94.9 cm³/mol. The van der Waals surface area contributed by atoms with Crippen LogP contribution >= 0.6 is 0 Å². The van der Waals surface area contributed by atoms with Crippen molar-refractivity contribution in [2.24, 2.45) is 5.92 Å². The van der Waals surface area contributed by atoms with Gasteiger partial charge in [0.05, 0.1) is 13.2 Å². The highest BCUT2D eigenvalue weighted by molar-refractivity contribution is 5.93. The molecule has 132 valence electrons. The average Bonchev–Trinajstić information content (AvgIpc) is 2.58. The number of para-hydroxylation sites is 1.